The van der Waals surface area contributed by atoms with Gasteiger partial charge in [0.25, 0.3) is 0 Å². The number of rotatable bonds is 2. The maximum atomic E-state index is 5.20. The van der Waals surface area contributed by atoms with Crippen LogP contribution in [0.25, 0.3) is 0 Å². The Morgan fingerprint density at radius 3 is 2.86 bits per heavy atom. The van der Waals surface area contributed by atoms with Crippen LogP contribution in [0, 0.1) is 0 Å². The predicted octanol–water partition coefficient (Wildman–Crippen LogP) is 2.32. The number of halogens is 1. The molecule has 78 valence electrons. The van der Waals surface area contributed by atoms with Crippen molar-refractivity contribution in [3.63, 3.8) is 0 Å². The maximum Gasteiger partial charge on any atom is 0.119 e. The van der Waals surface area contributed by atoms with Gasteiger partial charge in [-0.25, -0.2) is 0 Å². The van der Waals surface area contributed by atoms with Gasteiger partial charge < -0.3 is 10.1 Å². The van der Waals surface area contributed by atoms with Gasteiger partial charge >= 0.3 is 0 Å². The molecule has 0 amide bonds. The fourth-order valence-electron chi connectivity index (χ4n) is 2.01. The lowest BCUT2D eigenvalue weighted by Crippen LogP contribution is -2.12. The van der Waals surface area contributed by atoms with Crippen molar-refractivity contribution in [2.24, 2.45) is 0 Å². The summed E-state index contributed by atoms with van der Waals surface area (Å²) in [6.07, 6.45) is 2.39. The number of methoxy groups -OCH3 is 1. The number of nitrogens with one attached hydrogen (secondary N) is 1. The first-order chi connectivity index (χ1) is 6.35. The molecule has 0 aromatic heterocycles. The second-order valence-corrected chi connectivity index (χ2v) is 3.44. The van der Waals surface area contributed by atoms with E-state index < -0.39 is 0 Å². The van der Waals surface area contributed by atoms with E-state index in [9.17, 15) is 0 Å². The molecule has 1 unspecified atom stereocenters. The monoisotopic (exact) mass is 213 g/mol. The molecule has 3 heteroatoms. The van der Waals surface area contributed by atoms with E-state index in [-0.39, 0.29) is 12.4 Å². The molecule has 2 rings (SSSR count). The van der Waals surface area contributed by atoms with Crippen LogP contribution in [-0.4, -0.2) is 14.2 Å². The number of fused-ring (bicyclic) bond motifs is 1. The highest BCUT2D eigenvalue weighted by molar-refractivity contribution is 5.85. The zero-order chi connectivity index (χ0) is 9.26. The minimum Gasteiger partial charge on any atom is -0.497 e. The van der Waals surface area contributed by atoms with E-state index in [2.05, 4.69) is 17.4 Å². The van der Waals surface area contributed by atoms with E-state index in [1.54, 1.807) is 7.11 Å². The molecule has 2 nitrogen and oxygen atoms in total. The third-order valence-electron chi connectivity index (χ3n) is 2.78. The molecule has 0 radical (unpaired) electrons. The molecule has 14 heavy (non-hydrogen) atoms. The van der Waals surface area contributed by atoms with Gasteiger partial charge in [0, 0.05) is 6.04 Å². The van der Waals surface area contributed by atoms with Crippen LogP contribution < -0.4 is 10.1 Å². The quantitative estimate of drug-likeness (QED) is 0.814. The fourth-order valence-corrected chi connectivity index (χ4v) is 2.01. The molecule has 0 aliphatic heterocycles. The normalized spacial score (nSPS) is 18.6. The van der Waals surface area contributed by atoms with E-state index in [1.807, 2.05) is 13.1 Å². The van der Waals surface area contributed by atoms with Crippen molar-refractivity contribution in [2.75, 3.05) is 14.2 Å². The number of hydrogen-bond donors (Lipinski definition) is 1. The van der Waals surface area contributed by atoms with Crippen molar-refractivity contribution in [1.29, 1.82) is 0 Å². The van der Waals surface area contributed by atoms with Gasteiger partial charge in [-0.05, 0) is 43.1 Å². The van der Waals surface area contributed by atoms with Crippen LogP contribution in [0.1, 0.15) is 23.6 Å². The lowest BCUT2D eigenvalue weighted by Gasteiger charge is -2.10. The summed E-state index contributed by atoms with van der Waals surface area (Å²) in [5.41, 5.74) is 2.86. The molecule has 0 bridgehead atoms. The van der Waals surface area contributed by atoms with Crippen LogP contribution >= 0.6 is 12.4 Å². The van der Waals surface area contributed by atoms with Crippen LogP contribution in [-0.2, 0) is 6.42 Å². The van der Waals surface area contributed by atoms with E-state index in [0.717, 1.165) is 5.75 Å². The van der Waals surface area contributed by atoms with Crippen LogP contribution in [0.4, 0.5) is 0 Å². The zero-order valence-corrected chi connectivity index (χ0v) is 9.36. The molecular formula is C11H16ClNO. The molecule has 0 fully saturated rings. The molecule has 1 N–H and O–H groups in total. The first-order valence-electron chi connectivity index (χ1n) is 4.69. The van der Waals surface area contributed by atoms with Crippen LogP contribution in [0.2, 0.25) is 0 Å². The second kappa shape index (κ2) is 4.67. The van der Waals surface area contributed by atoms with E-state index in [1.165, 1.54) is 24.0 Å². The van der Waals surface area contributed by atoms with Crippen molar-refractivity contribution < 1.29 is 4.74 Å². The van der Waals surface area contributed by atoms with Gasteiger partial charge in [0.2, 0.25) is 0 Å². The number of hydrogen-bond acceptors (Lipinski definition) is 2. The van der Waals surface area contributed by atoms with Crippen molar-refractivity contribution in [2.45, 2.75) is 18.9 Å². The molecule has 1 aliphatic carbocycles. The van der Waals surface area contributed by atoms with Crippen molar-refractivity contribution in [1.82, 2.24) is 5.32 Å². The molecule has 1 atom stereocenters. The fraction of sp³-hybridized carbons (Fsp3) is 0.455. The molecular weight excluding hydrogens is 198 g/mol. The van der Waals surface area contributed by atoms with Crippen molar-refractivity contribution in [3.8, 4) is 5.75 Å². The molecule has 1 aromatic carbocycles. The molecule has 0 saturated carbocycles. The Morgan fingerprint density at radius 1 is 1.43 bits per heavy atom. The van der Waals surface area contributed by atoms with Gasteiger partial charge in [0.15, 0.2) is 0 Å². The Hall–Kier alpha value is -0.730. The van der Waals surface area contributed by atoms with Crippen LogP contribution in [0.3, 0.4) is 0 Å². The molecule has 0 spiro atoms. The second-order valence-electron chi connectivity index (χ2n) is 3.44. The zero-order valence-electron chi connectivity index (χ0n) is 8.54. The average Bonchev–Trinajstić information content (AvgIpc) is 2.59. The molecule has 0 saturated heterocycles. The standard InChI is InChI=1S/C11H15NO.ClH/c1-12-11-6-4-8-3-5-9(13-2)7-10(8)11;/h3,5,7,11-12H,4,6H2,1-2H3;1H. The Morgan fingerprint density at radius 2 is 2.21 bits per heavy atom. The highest BCUT2D eigenvalue weighted by Crippen LogP contribution is 2.33. The van der Waals surface area contributed by atoms with Crippen LogP contribution in [0.5, 0.6) is 5.75 Å². The van der Waals surface area contributed by atoms with E-state index in [4.69, 9.17) is 4.74 Å². The van der Waals surface area contributed by atoms with Gasteiger partial charge in [-0.15, -0.1) is 12.4 Å². The summed E-state index contributed by atoms with van der Waals surface area (Å²) < 4.78 is 5.20. The van der Waals surface area contributed by atoms with E-state index >= 15 is 0 Å². The Kier molecular flexibility index (Phi) is 3.78. The lowest BCUT2D eigenvalue weighted by molar-refractivity contribution is 0.413. The summed E-state index contributed by atoms with van der Waals surface area (Å²) >= 11 is 0. The van der Waals surface area contributed by atoms with Gasteiger partial charge in [-0.3, -0.25) is 0 Å². The predicted molar refractivity (Wildman–Crippen MR) is 60.4 cm³/mol. The summed E-state index contributed by atoms with van der Waals surface area (Å²) in [5.74, 6) is 0.959. The Bertz CT molecular complexity index is 314. The van der Waals surface area contributed by atoms with Crippen LogP contribution in [0.15, 0.2) is 18.2 Å². The first-order valence-corrected chi connectivity index (χ1v) is 4.69. The van der Waals surface area contributed by atoms with Gasteiger partial charge in [0.1, 0.15) is 5.75 Å². The maximum absolute atomic E-state index is 5.20. The molecule has 0 heterocycles. The Labute approximate surface area is 91.1 Å². The van der Waals surface area contributed by atoms with Gasteiger partial charge in [-0.2, -0.15) is 0 Å². The average molecular weight is 214 g/mol. The summed E-state index contributed by atoms with van der Waals surface area (Å²) in [5, 5.41) is 3.32. The Balaban J connectivity index is 0.000000980. The van der Waals surface area contributed by atoms with Gasteiger partial charge in [0.05, 0.1) is 7.11 Å². The summed E-state index contributed by atoms with van der Waals surface area (Å²) in [6.45, 7) is 0. The third-order valence-corrected chi connectivity index (χ3v) is 2.78. The highest BCUT2D eigenvalue weighted by atomic mass is 35.5. The summed E-state index contributed by atoms with van der Waals surface area (Å²) in [6, 6.07) is 6.87. The minimum atomic E-state index is 0. The molecule has 1 aliphatic rings. The highest BCUT2D eigenvalue weighted by Gasteiger charge is 2.20. The lowest BCUT2D eigenvalue weighted by atomic mass is 10.1. The smallest absolute Gasteiger partial charge is 0.119 e. The SMILES string of the molecule is CNC1CCc2ccc(OC)cc21.Cl. The number of benzene rings is 1. The first kappa shape index (κ1) is 11.3. The molecule has 1 aromatic rings. The summed E-state index contributed by atoms with van der Waals surface area (Å²) in [4.78, 5) is 0. The summed E-state index contributed by atoms with van der Waals surface area (Å²) in [7, 11) is 3.73. The third kappa shape index (κ3) is 1.86. The topological polar surface area (TPSA) is 21.3 Å². The van der Waals surface area contributed by atoms with Gasteiger partial charge in [-0.1, -0.05) is 6.07 Å². The minimum absolute atomic E-state index is 0. The van der Waals surface area contributed by atoms with E-state index in [0.29, 0.717) is 6.04 Å². The van der Waals surface area contributed by atoms with Crippen molar-refractivity contribution >= 4 is 12.4 Å². The number of aryl methyl sites for hydroxylation is 1. The number of ether oxygens (including phenoxy) is 1. The largest absolute Gasteiger partial charge is 0.497 e. The van der Waals surface area contributed by atoms with Crippen molar-refractivity contribution in [3.05, 3.63) is 29.3 Å².